The van der Waals surface area contributed by atoms with Gasteiger partial charge in [0.2, 0.25) is 5.91 Å². The highest BCUT2D eigenvalue weighted by atomic mass is 32.1. The lowest BCUT2D eigenvalue weighted by Gasteiger charge is -2.34. The number of nitrogens with zero attached hydrogens (tertiary/aromatic N) is 2. The Hall–Kier alpha value is -1.86. The molecule has 3 rings (SSSR count). The van der Waals surface area contributed by atoms with E-state index in [1.165, 1.54) is 11.3 Å². The topological polar surface area (TPSA) is 70.1 Å². The average Bonchev–Trinajstić information content (AvgIpc) is 3.11. The molecule has 0 radical (unpaired) electrons. The fraction of sp³-hybridized carbons (Fsp3) is 0.429. The molecule has 1 N–H and O–H groups in total. The van der Waals surface area contributed by atoms with Gasteiger partial charge in [-0.1, -0.05) is 0 Å². The first kappa shape index (κ1) is 14.1. The molecule has 0 bridgehead atoms. The molecule has 2 amide bonds. The molecule has 1 unspecified atom stereocenters. The number of piperazine rings is 1. The van der Waals surface area contributed by atoms with Crippen molar-refractivity contribution in [2.75, 3.05) is 26.2 Å². The maximum absolute atomic E-state index is 12.2. The summed E-state index contributed by atoms with van der Waals surface area (Å²) in [6.07, 6.45) is 3.02. The molecule has 21 heavy (non-hydrogen) atoms. The van der Waals surface area contributed by atoms with Crippen LogP contribution in [0.4, 0.5) is 4.79 Å². The number of carbonyl (C=O) groups is 2. The molecule has 3 heterocycles. The van der Waals surface area contributed by atoms with Gasteiger partial charge >= 0.3 is 6.09 Å². The van der Waals surface area contributed by atoms with Gasteiger partial charge in [0.1, 0.15) is 6.61 Å². The lowest BCUT2D eigenvalue weighted by Crippen LogP contribution is -2.53. The number of ether oxygens (including phenoxy) is 1. The molecule has 1 atom stereocenters. The van der Waals surface area contributed by atoms with Crippen molar-refractivity contribution in [3.8, 4) is 0 Å². The van der Waals surface area contributed by atoms with Crippen LogP contribution in [0.5, 0.6) is 0 Å². The standard InChI is InChI=1S/C14H16N2O4S/c17-7-10-5-12(21-9-10)1-2-13(18)15-3-4-16-11(6-15)8-20-14(16)19/h1-2,5,9,11,17H,3-4,6-8H2/b2-1+. The van der Waals surface area contributed by atoms with Crippen LogP contribution in [0.3, 0.4) is 0 Å². The van der Waals surface area contributed by atoms with Gasteiger partial charge in [-0.15, -0.1) is 11.3 Å². The molecule has 0 saturated carbocycles. The third-order valence-electron chi connectivity index (χ3n) is 3.67. The lowest BCUT2D eigenvalue weighted by atomic mass is 10.2. The predicted octanol–water partition coefficient (Wildman–Crippen LogP) is 0.917. The Morgan fingerprint density at radius 1 is 1.52 bits per heavy atom. The number of aliphatic hydroxyl groups is 1. The summed E-state index contributed by atoms with van der Waals surface area (Å²) in [7, 11) is 0. The van der Waals surface area contributed by atoms with Crippen molar-refractivity contribution in [2.24, 2.45) is 0 Å². The summed E-state index contributed by atoms with van der Waals surface area (Å²) in [6.45, 7) is 1.94. The van der Waals surface area contributed by atoms with Gasteiger partial charge in [-0.3, -0.25) is 9.69 Å². The van der Waals surface area contributed by atoms with Gasteiger partial charge in [0.05, 0.1) is 12.6 Å². The molecular formula is C14H16N2O4S. The van der Waals surface area contributed by atoms with Crippen molar-refractivity contribution < 1.29 is 19.4 Å². The van der Waals surface area contributed by atoms with E-state index in [1.807, 2.05) is 11.4 Å². The maximum atomic E-state index is 12.2. The SMILES string of the molecule is O=C(/C=C/c1cc(CO)cs1)N1CCN2C(=O)OCC2C1. The Morgan fingerprint density at radius 3 is 3.14 bits per heavy atom. The fourth-order valence-electron chi connectivity index (χ4n) is 2.51. The van der Waals surface area contributed by atoms with E-state index in [9.17, 15) is 9.59 Å². The lowest BCUT2D eigenvalue weighted by molar-refractivity contribution is -0.128. The van der Waals surface area contributed by atoms with E-state index in [0.717, 1.165) is 10.4 Å². The Balaban J connectivity index is 1.59. The maximum Gasteiger partial charge on any atom is 0.410 e. The number of amides is 2. The van der Waals surface area contributed by atoms with E-state index in [0.29, 0.717) is 26.2 Å². The summed E-state index contributed by atoms with van der Waals surface area (Å²) < 4.78 is 4.98. The summed E-state index contributed by atoms with van der Waals surface area (Å²) in [5.41, 5.74) is 0.849. The quantitative estimate of drug-likeness (QED) is 0.843. The Morgan fingerprint density at radius 2 is 2.38 bits per heavy atom. The van der Waals surface area contributed by atoms with E-state index in [2.05, 4.69) is 0 Å². The number of cyclic esters (lactones) is 1. The van der Waals surface area contributed by atoms with Gasteiger partial charge in [0, 0.05) is 30.6 Å². The van der Waals surface area contributed by atoms with Crippen molar-refractivity contribution in [1.82, 2.24) is 9.80 Å². The molecule has 6 nitrogen and oxygen atoms in total. The number of hydrogen-bond donors (Lipinski definition) is 1. The molecule has 1 aromatic heterocycles. The van der Waals surface area contributed by atoms with Crippen LogP contribution in [0.2, 0.25) is 0 Å². The number of fused-ring (bicyclic) bond motifs is 1. The molecule has 2 aliphatic rings. The number of hydrogen-bond acceptors (Lipinski definition) is 5. The number of aliphatic hydroxyl groups excluding tert-OH is 1. The van der Waals surface area contributed by atoms with E-state index in [1.54, 1.807) is 22.0 Å². The monoisotopic (exact) mass is 308 g/mol. The van der Waals surface area contributed by atoms with Crippen LogP contribution in [-0.2, 0) is 16.1 Å². The van der Waals surface area contributed by atoms with Crippen molar-refractivity contribution in [3.05, 3.63) is 28.0 Å². The molecule has 0 aromatic carbocycles. The van der Waals surface area contributed by atoms with Gasteiger partial charge in [-0.05, 0) is 23.1 Å². The molecular weight excluding hydrogens is 292 g/mol. The largest absolute Gasteiger partial charge is 0.447 e. The van der Waals surface area contributed by atoms with Gasteiger partial charge in [0.25, 0.3) is 0 Å². The second-order valence-corrected chi connectivity index (χ2v) is 6.00. The zero-order chi connectivity index (χ0) is 14.8. The second kappa shape index (κ2) is 5.87. The van der Waals surface area contributed by atoms with Crippen LogP contribution in [0.25, 0.3) is 6.08 Å². The van der Waals surface area contributed by atoms with Gasteiger partial charge < -0.3 is 14.7 Å². The van der Waals surface area contributed by atoms with Gasteiger partial charge in [-0.2, -0.15) is 0 Å². The Bertz CT molecular complexity index is 583. The highest BCUT2D eigenvalue weighted by Crippen LogP contribution is 2.19. The first-order valence-corrected chi connectivity index (χ1v) is 7.64. The Labute approximate surface area is 126 Å². The minimum atomic E-state index is -0.280. The normalized spacial score (nSPS) is 21.8. The number of carbonyl (C=O) groups excluding carboxylic acids is 2. The third kappa shape index (κ3) is 2.93. The van der Waals surface area contributed by atoms with E-state index >= 15 is 0 Å². The van der Waals surface area contributed by atoms with Crippen LogP contribution in [0.15, 0.2) is 17.5 Å². The van der Waals surface area contributed by atoms with Crippen LogP contribution in [-0.4, -0.2) is 59.2 Å². The molecule has 0 aliphatic carbocycles. The summed E-state index contributed by atoms with van der Waals surface area (Å²) in [6, 6.07) is 1.84. The smallest absolute Gasteiger partial charge is 0.410 e. The molecule has 2 fully saturated rings. The average molecular weight is 308 g/mol. The van der Waals surface area contributed by atoms with Crippen LogP contribution < -0.4 is 0 Å². The van der Waals surface area contributed by atoms with Crippen molar-refractivity contribution in [3.63, 3.8) is 0 Å². The van der Waals surface area contributed by atoms with E-state index in [4.69, 9.17) is 9.84 Å². The first-order valence-electron chi connectivity index (χ1n) is 6.76. The zero-order valence-corrected chi connectivity index (χ0v) is 12.2. The second-order valence-electron chi connectivity index (χ2n) is 5.06. The molecule has 112 valence electrons. The van der Waals surface area contributed by atoms with Crippen LogP contribution in [0.1, 0.15) is 10.4 Å². The number of rotatable bonds is 3. The molecule has 2 aliphatic heterocycles. The van der Waals surface area contributed by atoms with Crippen LogP contribution in [0, 0.1) is 0 Å². The minimum Gasteiger partial charge on any atom is -0.447 e. The van der Waals surface area contributed by atoms with Gasteiger partial charge in [-0.25, -0.2) is 4.79 Å². The third-order valence-corrected chi connectivity index (χ3v) is 4.62. The molecule has 0 spiro atoms. The van der Waals surface area contributed by atoms with Crippen molar-refractivity contribution in [1.29, 1.82) is 0 Å². The zero-order valence-electron chi connectivity index (χ0n) is 11.4. The minimum absolute atomic E-state index is 0.00988. The molecule has 1 aromatic rings. The van der Waals surface area contributed by atoms with E-state index < -0.39 is 0 Å². The predicted molar refractivity (Wildman–Crippen MR) is 77.7 cm³/mol. The van der Waals surface area contributed by atoms with Gasteiger partial charge in [0.15, 0.2) is 0 Å². The molecule has 7 heteroatoms. The summed E-state index contributed by atoms with van der Waals surface area (Å²) in [4.78, 5) is 27.9. The molecule has 2 saturated heterocycles. The highest BCUT2D eigenvalue weighted by molar-refractivity contribution is 7.11. The fourth-order valence-corrected chi connectivity index (χ4v) is 3.31. The van der Waals surface area contributed by atoms with Crippen molar-refractivity contribution >= 4 is 29.4 Å². The first-order chi connectivity index (χ1) is 10.2. The summed E-state index contributed by atoms with van der Waals surface area (Å²) in [5.74, 6) is -0.0621. The highest BCUT2D eigenvalue weighted by Gasteiger charge is 2.38. The van der Waals surface area contributed by atoms with Crippen molar-refractivity contribution in [2.45, 2.75) is 12.6 Å². The summed E-state index contributed by atoms with van der Waals surface area (Å²) in [5, 5.41) is 10.9. The van der Waals surface area contributed by atoms with E-state index in [-0.39, 0.29) is 24.6 Å². The van der Waals surface area contributed by atoms with Crippen LogP contribution >= 0.6 is 11.3 Å². The summed E-state index contributed by atoms with van der Waals surface area (Å²) >= 11 is 1.49. The number of thiophene rings is 1. The Kier molecular flexibility index (Phi) is 3.94.